The lowest BCUT2D eigenvalue weighted by molar-refractivity contribution is 1.38. The molecule has 6 heavy (non-hydrogen) atoms. The average molecular weight is 120 g/mol. The summed E-state index contributed by atoms with van der Waals surface area (Å²) in [4.78, 5) is 0. The SMILES string of the molecule is CSC(C)C=S. The zero-order valence-electron chi connectivity index (χ0n) is 3.97. The Morgan fingerprint density at radius 3 is 2.33 bits per heavy atom. The summed E-state index contributed by atoms with van der Waals surface area (Å²) in [6, 6.07) is 0. The highest BCUT2D eigenvalue weighted by Gasteiger charge is 1.86. The summed E-state index contributed by atoms with van der Waals surface area (Å²) in [5.41, 5.74) is 0. The second-order valence-corrected chi connectivity index (χ2v) is 2.56. The van der Waals surface area contributed by atoms with Gasteiger partial charge in [-0.05, 0) is 18.5 Å². The summed E-state index contributed by atoms with van der Waals surface area (Å²) in [5, 5.41) is 2.31. The van der Waals surface area contributed by atoms with E-state index in [0.29, 0.717) is 5.25 Å². The van der Waals surface area contributed by atoms with E-state index in [-0.39, 0.29) is 0 Å². The summed E-state index contributed by atoms with van der Waals surface area (Å²) in [5.74, 6) is 0. The van der Waals surface area contributed by atoms with Crippen LogP contribution in [-0.4, -0.2) is 16.9 Å². The van der Waals surface area contributed by atoms with Gasteiger partial charge < -0.3 is 0 Å². The molecule has 0 bridgehead atoms. The molecule has 0 amide bonds. The van der Waals surface area contributed by atoms with E-state index in [1.165, 1.54) is 0 Å². The molecule has 0 saturated carbocycles. The second kappa shape index (κ2) is 3.62. The van der Waals surface area contributed by atoms with Gasteiger partial charge in [0.15, 0.2) is 0 Å². The van der Waals surface area contributed by atoms with Crippen LogP contribution in [0.2, 0.25) is 0 Å². The number of thioether (sulfide) groups is 1. The van der Waals surface area contributed by atoms with Crippen LogP contribution in [0.15, 0.2) is 0 Å². The monoisotopic (exact) mass is 120 g/mol. The zero-order valence-corrected chi connectivity index (χ0v) is 5.60. The molecule has 0 heterocycles. The van der Waals surface area contributed by atoms with Crippen molar-refractivity contribution in [3.05, 3.63) is 0 Å². The van der Waals surface area contributed by atoms with E-state index in [1.807, 2.05) is 6.26 Å². The van der Waals surface area contributed by atoms with Gasteiger partial charge in [-0.2, -0.15) is 11.8 Å². The van der Waals surface area contributed by atoms with Gasteiger partial charge >= 0.3 is 0 Å². The molecule has 1 atom stereocenters. The van der Waals surface area contributed by atoms with Crippen LogP contribution in [0.1, 0.15) is 6.92 Å². The minimum atomic E-state index is 0.542. The highest BCUT2D eigenvalue weighted by Crippen LogP contribution is 1.99. The van der Waals surface area contributed by atoms with E-state index >= 15 is 0 Å². The maximum atomic E-state index is 4.63. The van der Waals surface area contributed by atoms with Crippen LogP contribution in [0.3, 0.4) is 0 Å². The fraction of sp³-hybridized carbons (Fsp3) is 0.750. The van der Waals surface area contributed by atoms with Crippen molar-refractivity contribution in [2.24, 2.45) is 0 Å². The Morgan fingerprint density at radius 1 is 1.83 bits per heavy atom. The Hall–Kier alpha value is 0.440. The van der Waals surface area contributed by atoms with Crippen molar-refractivity contribution in [2.75, 3.05) is 6.26 Å². The Kier molecular flexibility index (Phi) is 3.89. The molecule has 0 aromatic heterocycles. The maximum absolute atomic E-state index is 4.63. The van der Waals surface area contributed by atoms with Crippen molar-refractivity contribution in [1.29, 1.82) is 0 Å². The Labute approximate surface area is 48.3 Å². The standard InChI is InChI=1S/C4H8S2/c1-4(3-5)6-2/h3-4H,1-2H3. The van der Waals surface area contributed by atoms with Crippen LogP contribution < -0.4 is 0 Å². The smallest absolute Gasteiger partial charge is 0.0299 e. The van der Waals surface area contributed by atoms with Gasteiger partial charge in [0.05, 0.1) is 0 Å². The van der Waals surface area contributed by atoms with Crippen LogP contribution in [0.5, 0.6) is 0 Å². The van der Waals surface area contributed by atoms with Gasteiger partial charge in [-0.25, -0.2) is 0 Å². The van der Waals surface area contributed by atoms with Crippen molar-refractivity contribution in [1.82, 2.24) is 0 Å². The van der Waals surface area contributed by atoms with E-state index in [2.05, 4.69) is 19.1 Å². The van der Waals surface area contributed by atoms with Gasteiger partial charge in [0.2, 0.25) is 0 Å². The molecule has 1 unspecified atom stereocenters. The zero-order chi connectivity index (χ0) is 4.99. The van der Waals surface area contributed by atoms with Crippen LogP contribution in [0, 0.1) is 0 Å². The minimum absolute atomic E-state index is 0.542. The van der Waals surface area contributed by atoms with Crippen molar-refractivity contribution < 1.29 is 0 Å². The normalized spacial score (nSPS) is 13.7. The lowest BCUT2D eigenvalue weighted by atomic mass is 10.6. The molecule has 0 aliphatic carbocycles. The van der Waals surface area contributed by atoms with Crippen molar-refractivity contribution in [2.45, 2.75) is 12.2 Å². The molecule has 0 saturated heterocycles. The van der Waals surface area contributed by atoms with Crippen LogP contribution in [-0.2, 0) is 0 Å². The van der Waals surface area contributed by atoms with E-state index in [0.717, 1.165) is 0 Å². The van der Waals surface area contributed by atoms with E-state index in [9.17, 15) is 0 Å². The van der Waals surface area contributed by atoms with Gasteiger partial charge in [0.1, 0.15) is 0 Å². The number of hydrogen-bond acceptors (Lipinski definition) is 2. The first-order chi connectivity index (χ1) is 2.81. The van der Waals surface area contributed by atoms with Crippen LogP contribution in [0.25, 0.3) is 0 Å². The fourth-order valence-corrected chi connectivity index (χ4v) is 0.500. The van der Waals surface area contributed by atoms with Gasteiger partial charge in [0.25, 0.3) is 0 Å². The average Bonchev–Trinajstić information content (AvgIpc) is 1.65. The second-order valence-electron chi connectivity index (χ2n) is 1.08. The first-order valence-electron chi connectivity index (χ1n) is 1.79. The van der Waals surface area contributed by atoms with E-state index < -0.39 is 0 Å². The highest BCUT2D eigenvalue weighted by molar-refractivity contribution is 8.00. The molecule has 0 aromatic rings. The largest absolute Gasteiger partial charge is 0.157 e. The summed E-state index contributed by atoms with van der Waals surface area (Å²) in [7, 11) is 0. The lowest BCUT2D eigenvalue weighted by Crippen LogP contribution is -1.90. The predicted molar refractivity (Wildman–Crippen MR) is 36.6 cm³/mol. The Bertz CT molecular complexity index is 42.8. The molecule has 0 radical (unpaired) electrons. The minimum Gasteiger partial charge on any atom is -0.157 e. The third kappa shape index (κ3) is 2.67. The van der Waals surface area contributed by atoms with Crippen LogP contribution >= 0.6 is 24.0 Å². The first kappa shape index (κ1) is 6.44. The van der Waals surface area contributed by atoms with Gasteiger partial charge in [-0.15, -0.1) is 0 Å². The molecule has 2 heteroatoms. The molecule has 0 aromatic carbocycles. The quantitative estimate of drug-likeness (QED) is 0.509. The molecule has 0 spiro atoms. The number of rotatable bonds is 2. The van der Waals surface area contributed by atoms with Gasteiger partial charge in [-0.3, -0.25) is 0 Å². The molecular formula is C4H8S2. The van der Waals surface area contributed by atoms with E-state index in [4.69, 9.17) is 0 Å². The highest BCUT2D eigenvalue weighted by atomic mass is 32.2. The molecular weight excluding hydrogens is 112 g/mol. The van der Waals surface area contributed by atoms with Gasteiger partial charge in [0, 0.05) is 5.25 Å². The molecule has 0 N–H and O–H groups in total. The summed E-state index contributed by atoms with van der Waals surface area (Å²) >= 11 is 6.39. The predicted octanol–water partition coefficient (Wildman–Crippen LogP) is 1.74. The summed E-state index contributed by atoms with van der Waals surface area (Å²) in [6.07, 6.45) is 2.05. The number of thiocarbonyl (C=S) groups is 1. The fourth-order valence-electron chi connectivity index (χ4n) is 0.0556. The Balaban J connectivity index is 2.96. The topological polar surface area (TPSA) is 0 Å². The summed E-state index contributed by atoms with van der Waals surface area (Å²) < 4.78 is 0. The third-order valence-corrected chi connectivity index (χ3v) is 2.02. The molecule has 0 aliphatic heterocycles. The molecule has 0 aliphatic rings. The number of hydrogen-bond donors (Lipinski definition) is 0. The molecule has 0 rings (SSSR count). The Morgan fingerprint density at radius 2 is 2.33 bits per heavy atom. The maximum Gasteiger partial charge on any atom is 0.0299 e. The lowest BCUT2D eigenvalue weighted by Gasteiger charge is -1.92. The van der Waals surface area contributed by atoms with Crippen molar-refractivity contribution in [3.8, 4) is 0 Å². The summed E-state index contributed by atoms with van der Waals surface area (Å²) in [6.45, 7) is 2.08. The van der Waals surface area contributed by atoms with E-state index in [1.54, 1.807) is 17.1 Å². The molecule has 36 valence electrons. The van der Waals surface area contributed by atoms with Gasteiger partial charge in [-0.1, -0.05) is 12.2 Å². The van der Waals surface area contributed by atoms with Crippen molar-refractivity contribution in [3.63, 3.8) is 0 Å². The van der Waals surface area contributed by atoms with Crippen LogP contribution in [0.4, 0.5) is 0 Å². The molecule has 0 nitrogen and oxygen atoms in total. The molecule has 0 fully saturated rings. The van der Waals surface area contributed by atoms with Crippen molar-refractivity contribution >= 4 is 29.3 Å². The first-order valence-corrected chi connectivity index (χ1v) is 3.55. The third-order valence-electron chi connectivity index (χ3n) is 0.563.